The van der Waals surface area contributed by atoms with E-state index in [9.17, 15) is 4.79 Å². The fourth-order valence-electron chi connectivity index (χ4n) is 2.48. The smallest absolute Gasteiger partial charge is 0.257 e. The summed E-state index contributed by atoms with van der Waals surface area (Å²) in [6, 6.07) is 18.8. The third-order valence-electron chi connectivity index (χ3n) is 3.80. The van der Waals surface area contributed by atoms with Crippen molar-refractivity contribution in [2.24, 2.45) is 0 Å². The summed E-state index contributed by atoms with van der Waals surface area (Å²) in [5.41, 5.74) is 3.78. The molecule has 0 aliphatic carbocycles. The van der Waals surface area contributed by atoms with Crippen molar-refractivity contribution in [2.45, 2.75) is 6.92 Å². The van der Waals surface area contributed by atoms with E-state index < -0.39 is 0 Å². The molecule has 1 N–H and O–H groups in total. The van der Waals surface area contributed by atoms with Gasteiger partial charge in [-0.15, -0.1) is 0 Å². The topological polar surface area (TPSA) is 51.2 Å². The molecule has 0 radical (unpaired) electrons. The predicted molar refractivity (Wildman–Crippen MR) is 103 cm³/mol. The number of hydrogen-bond donors (Lipinski definition) is 1. The van der Waals surface area contributed by atoms with Crippen molar-refractivity contribution < 1.29 is 9.53 Å². The van der Waals surface area contributed by atoms with Crippen LogP contribution in [-0.2, 0) is 0 Å². The monoisotopic (exact) mass is 396 g/mol. The van der Waals surface area contributed by atoms with E-state index in [0.717, 1.165) is 21.5 Å². The van der Waals surface area contributed by atoms with Crippen molar-refractivity contribution >= 4 is 27.5 Å². The summed E-state index contributed by atoms with van der Waals surface area (Å²) in [6.45, 7) is 1.84. The van der Waals surface area contributed by atoms with Crippen LogP contribution in [0.1, 0.15) is 16.1 Å². The fraction of sp³-hybridized carbons (Fsp3) is 0.100. The standard InChI is InChI=1S/C20H17BrN2O2/c1-13-18(20(24)23-16-6-8-17(25-2)9-7-16)10-11-19(22-13)14-4-3-5-15(21)12-14/h3-12H,1-2H3,(H,23,24). The number of aromatic nitrogens is 1. The van der Waals surface area contributed by atoms with E-state index in [1.54, 1.807) is 37.4 Å². The molecule has 0 saturated carbocycles. The van der Waals surface area contributed by atoms with Crippen LogP contribution in [0.15, 0.2) is 65.1 Å². The minimum atomic E-state index is -0.184. The van der Waals surface area contributed by atoms with Crippen LogP contribution in [0.5, 0.6) is 5.75 Å². The Labute approximate surface area is 155 Å². The first-order valence-electron chi connectivity index (χ1n) is 7.76. The second-order valence-corrected chi connectivity index (χ2v) is 6.44. The summed E-state index contributed by atoms with van der Waals surface area (Å²) in [7, 11) is 1.61. The number of nitrogens with zero attached hydrogens (tertiary/aromatic N) is 1. The Hall–Kier alpha value is -2.66. The molecule has 0 saturated heterocycles. The number of ether oxygens (including phenoxy) is 1. The molecule has 25 heavy (non-hydrogen) atoms. The molecule has 3 aromatic rings. The van der Waals surface area contributed by atoms with E-state index >= 15 is 0 Å². The fourth-order valence-corrected chi connectivity index (χ4v) is 2.88. The lowest BCUT2D eigenvalue weighted by molar-refractivity contribution is 0.102. The number of aryl methyl sites for hydroxylation is 1. The van der Waals surface area contributed by atoms with Gasteiger partial charge in [-0.2, -0.15) is 0 Å². The number of hydrogen-bond acceptors (Lipinski definition) is 3. The Morgan fingerprint density at radius 2 is 1.84 bits per heavy atom. The van der Waals surface area contributed by atoms with Crippen molar-refractivity contribution in [2.75, 3.05) is 12.4 Å². The van der Waals surface area contributed by atoms with Gasteiger partial charge in [-0.1, -0.05) is 28.1 Å². The van der Waals surface area contributed by atoms with E-state index in [0.29, 0.717) is 16.9 Å². The molecule has 2 aromatic carbocycles. The average molecular weight is 397 g/mol. The van der Waals surface area contributed by atoms with Crippen molar-refractivity contribution in [3.05, 3.63) is 76.4 Å². The zero-order valence-electron chi connectivity index (χ0n) is 13.9. The maximum atomic E-state index is 12.5. The van der Waals surface area contributed by atoms with E-state index in [-0.39, 0.29) is 5.91 Å². The summed E-state index contributed by atoms with van der Waals surface area (Å²) in [6.07, 6.45) is 0. The number of nitrogens with one attached hydrogen (secondary N) is 1. The lowest BCUT2D eigenvalue weighted by Crippen LogP contribution is -2.14. The number of halogens is 1. The average Bonchev–Trinajstić information content (AvgIpc) is 2.62. The summed E-state index contributed by atoms with van der Waals surface area (Å²) in [5.74, 6) is 0.560. The maximum absolute atomic E-state index is 12.5. The zero-order chi connectivity index (χ0) is 17.8. The Morgan fingerprint density at radius 3 is 2.48 bits per heavy atom. The second-order valence-electron chi connectivity index (χ2n) is 5.52. The molecule has 0 fully saturated rings. The molecule has 0 unspecified atom stereocenters. The van der Waals surface area contributed by atoms with E-state index in [4.69, 9.17) is 4.74 Å². The molecular weight excluding hydrogens is 380 g/mol. The Bertz CT molecular complexity index is 908. The van der Waals surface area contributed by atoms with Crippen molar-refractivity contribution in [3.63, 3.8) is 0 Å². The van der Waals surface area contributed by atoms with Crippen LogP contribution >= 0.6 is 15.9 Å². The van der Waals surface area contributed by atoms with E-state index in [1.807, 2.05) is 37.3 Å². The molecule has 5 heteroatoms. The highest BCUT2D eigenvalue weighted by Gasteiger charge is 2.12. The number of methoxy groups -OCH3 is 1. The SMILES string of the molecule is COc1ccc(NC(=O)c2ccc(-c3cccc(Br)c3)nc2C)cc1. The molecule has 0 aliphatic rings. The first kappa shape index (κ1) is 17.2. The minimum absolute atomic E-state index is 0.184. The second kappa shape index (κ2) is 7.49. The third kappa shape index (κ3) is 4.06. The maximum Gasteiger partial charge on any atom is 0.257 e. The number of anilines is 1. The summed E-state index contributed by atoms with van der Waals surface area (Å²) in [5, 5.41) is 2.88. The predicted octanol–water partition coefficient (Wildman–Crippen LogP) is 5.08. The van der Waals surface area contributed by atoms with Gasteiger partial charge >= 0.3 is 0 Å². The molecule has 0 spiro atoms. The molecule has 1 heterocycles. The van der Waals surface area contributed by atoms with E-state index in [1.165, 1.54) is 0 Å². The first-order valence-corrected chi connectivity index (χ1v) is 8.55. The lowest BCUT2D eigenvalue weighted by atomic mass is 10.1. The number of benzene rings is 2. The summed E-state index contributed by atoms with van der Waals surface area (Å²) >= 11 is 3.46. The Morgan fingerprint density at radius 1 is 1.08 bits per heavy atom. The van der Waals surface area contributed by atoms with Gasteiger partial charge < -0.3 is 10.1 Å². The van der Waals surface area contributed by atoms with Crippen LogP contribution in [0.3, 0.4) is 0 Å². The summed E-state index contributed by atoms with van der Waals surface area (Å²) < 4.78 is 6.11. The number of pyridine rings is 1. The quantitative estimate of drug-likeness (QED) is 0.668. The van der Waals surface area contributed by atoms with Crippen LogP contribution in [0.25, 0.3) is 11.3 Å². The highest BCUT2D eigenvalue weighted by molar-refractivity contribution is 9.10. The molecule has 4 nitrogen and oxygen atoms in total. The molecule has 1 amide bonds. The highest BCUT2D eigenvalue weighted by atomic mass is 79.9. The zero-order valence-corrected chi connectivity index (χ0v) is 15.5. The van der Waals surface area contributed by atoms with Crippen LogP contribution < -0.4 is 10.1 Å². The molecule has 126 valence electrons. The van der Waals surface area contributed by atoms with Crippen molar-refractivity contribution in [1.29, 1.82) is 0 Å². The third-order valence-corrected chi connectivity index (χ3v) is 4.29. The van der Waals surface area contributed by atoms with Gasteiger partial charge in [0.2, 0.25) is 0 Å². The number of carbonyl (C=O) groups is 1. The van der Waals surface area contributed by atoms with Crippen LogP contribution in [0, 0.1) is 6.92 Å². The van der Waals surface area contributed by atoms with Gasteiger partial charge in [-0.3, -0.25) is 9.78 Å². The number of amides is 1. The molecule has 3 rings (SSSR count). The van der Waals surface area contributed by atoms with Gasteiger partial charge in [0.25, 0.3) is 5.91 Å². The van der Waals surface area contributed by atoms with Gasteiger partial charge in [0, 0.05) is 15.7 Å². The molecule has 1 aromatic heterocycles. The van der Waals surface area contributed by atoms with Gasteiger partial charge in [-0.25, -0.2) is 0 Å². The van der Waals surface area contributed by atoms with Crippen LogP contribution in [0.2, 0.25) is 0 Å². The molecular formula is C20H17BrN2O2. The Balaban J connectivity index is 1.81. The van der Waals surface area contributed by atoms with E-state index in [2.05, 4.69) is 26.2 Å². The van der Waals surface area contributed by atoms with Gasteiger partial charge in [0.15, 0.2) is 0 Å². The minimum Gasteiger partial charge on any atom is -0.497 e. The largest absolute Gasteiger partial charge is 0.497 e. The molecule has 0 atom stereocenters. The van der Waals surface area contributed by atoms with Gasteiger partial charge in [0.05, 0.1) is 24.1 Å². The van der Waals surface area contributed by atoms with Crippen LogP contribution in [-0.4, -0.2) is 18.0 Å². The number of rotatable bonds is 4. The Kier molecular flexibility index (Phi) is 5.14. The van der Waals surface area contributed by atoms with Crippen molar-refractivity contribution in [1.82, 2.24) is 4.98 Å². The first-order chi connectivity index (χ1) is 12.1. The lowest BCUT2D eigenvalue weighted by Gasteiger charge is -2.10. The van der Waals surface area contributed by atoms with Crippen molar-refractivity contribution in [3.8, 4) is 17.0 Å². The van der Waals surface area contributed by atoms with Gasteiger partial charge in [0.1, 0.15) is 5.75 Å². The van der Waals surface area contributed by atoms with Crippen LogP contribution in [0.4, 0.5) is 5.69 Å². The summed E-state index contributed by atoms with van der Waals surface area (Å²) in [4.78, 5) is 17.1. The highest BCUT2D eigenvalue weighted by Crippen LogP contribution is 2.23. The van der Waals surface area contributed by atoms with Gasteiger partial charge in [-0.05, 0) is 55.5 Å². The normalized spacial score (nSPS) is 10.4. The molecule has 0 aliphatic heterocycles. The number of carbonyl (C=O) groups excluding carboxylic acids is 1. The molecule has 0 bridgehead atoms.